The number of carbonyl (C=O) groups is 3. The van der Waals surface area contributed by atoms with Gasteiger partial charge in [0.2, 0.25) is 11.8 Å². The highest BCUT2D eigenvalue weighted by Crippen LogP contribution is 2.57. The van der Waals surface area contributed by atoms with Crippen molar-refractivity contribution in [3.63, 3.8) is 0 Å². The molecule has 7 heteroatoms. The number of ether oxygens (including phenoxy) is 1. The van der Waals surface area contributed by atoms with Gasteiger partial charge in [0.1, 0.15) is 11.5 Å². The SMILES string of the molecule is CCOC(=O)C1(C(=O)N2CC3(CC3)C[C@H]2C(=O)N2CCC(C)(CO)C2)CC1. The Hall–Kier alpha value is -1.63. The van der Waals surface area contributed by atoms with Crippen LogP contribution in [0.5, 0.6) is 0 Å². The van der Waals surface area contributed by atoms with Crippen LogP contribution in [0.25, 0.3) is 0 Å². The van der Waals surface area contributed by atoms with Crippen LogP contribution in [0.15, 0.2) is 0 Å². The van der Waals surface area contributed by atoms with E-state index in [4.69, 9.17) is 4.74 Å². The van der Waals surface area contributed by atoms with Gasteiger partial charge in [0, 0.05) is 25.0 Å². The van der Waals surface area contributed by atoms with Crippen molar-refractivity contribution in [2.75, 3.05) is 32.8 Å². The van der Waals surface area contributed by atoms with E-state index in [1.54, 1.807) is 16.7 Å². The largest absolute Gasteiger partial charge is 0.465 e. The zero-order chi connectivity index (χ0) is 19.4. The van der Waals surface area contributed by atoms with Gasteiger partial charge < -0.3 is 19.6 Å². The lowest BCUT2D eigenvalue weighted by molar-refractivity contribution is -0.160. The van der Waals surface area contributed by atoms with Crippen LogP contribution in [0.2, 0.25) is 0 Å². The molecule has 1 N–H and O–H groups in total. The van der Waals surface area contributed by atoms with Gasteiger partial charge in [-0.15, -0.1) is 0 Å². The Balaban J connectivity index is 1.52. The summed E-state index contributed by atoms with van der Waals surface area (Å²) < 4.78 is 5.15. The normalized spacial score (nSPS) is 32.6. The first-order valence-corrected chi connectivity index (χ1v) is 10.2. The zero-order valence-corrected chi connectivity index (χ0v) is 16.3. The molecule has 2 saturated heterocycles. The summed E-state index contributed by atoms with van der Waals surface area (Å²) in [6, 6.07) is -0.479. The topological polar surface area (TPSA) is 87.2 Å². The summed E-state index contributed by atoms with van der Waals surface area (Å²) in [6.45, 7) is 5.76. The molecular formula is C20H30N2O5. The van der Waals surface area contributed by atoms with E-state index in [0.717, 1.165) is 19.3 Å². The van der Waals surface area contributed by atoms with Crippen LogP contribution in [0, 0.1) is 16.2 Å². The van der Waals surface area contributed by atoms with Crippen molar-refractivity contribution in [2.24, 2.45) is 16.2 Å². The van der Waals surface area contributed by atoms with Gasteiger partial charge in [-0.1, -0.05) is 6.92 Å². The van der Waals surface area contributed by atoms with Crippen molar-refractivity contribution >= 4 is 17.8 Å². The Morgan fingerprint density at radius 2 is 1.81 bits per heavy atom. The molecule has 2 aliphatic carbocycles. The Bertz CT molecular complexity index is 669. The third kappa shape index (κ3) is 3.04. The number of likely N-dealkylation sites (tertiary alicyclic amines) is 2. The predicted molar refractivity (Wildman–Crippen MR) is 96.5 cm³/mol. The van der Waals surface area contributed by atoms with Crippen LogP contribution in [-0.2, 0) is 19.1 Å². The number of amides is 2. The van der Waals surface area contributed by atoms with Crippen molar-refractivity contribution in [3.05, 3.63) is 0 Å². The number of aliphatic hydroxyl groups is 1. The maximum Gasteiger partial charge on any atom is 0.321 e. The summed E-state index contributed by atoms with van der Waals surface area (Å²) in [5.41, 5.74) is -1.25. The average molecular weight is 378 g/mol. The van der Waals surface area contributed by atoms with E-state index < -0.39 is 17.4 Å². The zero-order valence-electron chi connectivity index (χ0n) is 16.3. The molecule has 2 aliphatic heterocycles. The summed E-state index contributed by atoms with van der Waals surface area (Å²) >= 11 is 0. The first-order chi connectivity index (χ1) is 12.8. The molecule has 0 bridgehead atoms. The van der Waals surface area contributed by atoms with E-state index in [0.29, 0.717) is 38.9 Å². The van der Waals surface area contributed by atoms with Gasteiger partial charge in [0.25, 0.3) is 0 Å². The molecule has 2 atom stereocenters. The average Bonchev–Trinajstić information content (AvgIpc) is 3.53. The molecule has 0 aromatic heterocycles. The van der Waals surface area contributed by atoms with Gasteiger partial charge in [-0.05, 0) is 50.9 Å². The summed E-state index contributed by atoms with van der Waals surface area (Å²) in [6.07, 6.45) is 4.59. The van der Waals surface area contributed by atoms with Gasteiger partial charge in [0.15, 0.2) is 0 Å². The van der Waals surface area contributed by atoms with Crippen LogP contribution in [0.3, 0.4) is 0 Å². The van der Waals surface area contributed by atoms with Crippen molar-refractivity contribution in [1.29, 1.82) is 0 Å². The molecule has 4 fully saturated rings. The first kappa shape index (κ1) is 18.7. The maximum atomic E-state index is 13.3. The van der Waals surface area contributed by atoms with E-state index >= 15 is 0 Å². The van der Waals surface area contributed by atoms with Crippen LogP contribution in [-0.4, -0.2) is 71.6 Å². The fraction of sp³-hybridized carbons (Fsp3) is 0.850. The van der Waals surface area contributed by atoms with Gasteiger partial charge in [-0.25, -0.2) is 0 Å². The molecular weight excluding hydrogens is 348 g/mol. The summed E-state index contributed by atoms with van der Waals surface area (Å²) in [7, 11) is 0. The first-order valence-electron chi connectivity index (χ1n) is 10.2. The lowest BCUT2D eigenvalue weighted by Gasteiger charge is -2.31. The van der Waals surface area contributed by atoms with Gasteiger partial charge >= 0.3 is 5.97 Å². The Morgan fingerprint density at radius 3 is 2.33 bits per heavy atom. The molecule has 27 heavy (non-hydrogen) atoms. The molecule has 0 radical (unpaired) electrons. The maximum absolute atomic E-state index is 13.3. The molecule has 1 unspecified atom stereocenters. The molecule has 2 saturated carbocycles. The molecule has 7 nitrogen and oxygen atoms in total. The molecule has 2 amide bonds. The molecule has 1 spiro atoms. The van der Waals surface area contributed by atoms with Gasteiger partial charge in [0.05, 0.1) is 13.2 Å². The van der Waals surface area contributed by atoms with Crippen LogP contribution in [0.4, 0.5) is 0 Å². The second-order valence-electron chi connectivity index (χ2n) is 9.43. The number of aliphatic hydroxyl groups excluding tert-OH is 1. The number of esters is 1. The Morgan fingerprint density at radius 1 is 1.11 bits per heavy atom. The highest BCUT2D eigenvalue weighted by atomic mass is 16.5. The highest BCUT2D eigenvalue weighted by Gasteiger charge is 2.64. The lowest BCUT2D eigenvalue weighted by Crippen LogP contribution is -2.51. The lowest BCUT2D eigenvalue weighted by atomic mass is 9.91. The van der Waals surface area contributed by atoms with Gasteiger partial charge in [-0.3, -0.25) is 14.4 Å². The second-order valence-corrected chi connectivity index (χ2v) is 9.43. The molecule has 0 aromatic carbocycles. The molecule has 4 aliphatic rings. The Kier molecular flexibility index (Phi) is 4.29. The highest BCUT2D eigenvalue weighted by molar-refractivity contribution is 6.07. The Labute approximate surface area is 160 Å². The molecule has 0 aromatic rings. The number of rotatable bonds is 5. The molecule has 4 rings (SSSR count). The van der Waals surface area contributed by atoms with Crippen molar-refractivity contribution in [1.82, 2.24) is 9.80 Å². The van der Waals surface area contributed by atoms with E-state index in [1.165, 1.54) is 0 Å². The third-order valence-electron chi connectivity index (χ3n) is 7.09. The molecule has 150 valence electrons. The predicted octanol–water partition coefficient (Wildman–Crippen LogP) is 0.942. The summed E-state index contributed by atoms with van der Waals surface area (Å²) in [5, 5.41) is 9.60. The van der Waals surface area contributed by atoms with Crippen molar-refractivity contribution in [2.45, 2.75) is 58.4 Å². The van der Waals surface area contributed by atoms with E-state index in [-0.39, 0.29) is 35.9 Å². The number of carbonyl (C=O) groups excluding carboxylic acids is 3. The summed E-state index contributed by atoms with van der Waals surface area (Å²) in [4.78, 5) is 42.4. The van der Waals surface area contributed by atoms with Gasteiger partial charge in [-0.2, -0.15) is 0 Å². The van der Waals surface area contributed by atoms with Crippen LogP contribution < -0.4 is 0 Å². The number of nitrogens with zero attached hydrogens (tertiary/aromatic N) is 2. The summed E-state index contributed by atoms with van der Waals surface area (Å²) in [5.74, 6) is -0.678. The third-order valence-corrected chi connectivity index (χ3v) is 7.09. The van der Waals surface area contributed by atoms with E-state index in [2.05, 4.69) is 0 Å². The second kappa shape index (κ2) is 6.19. The van der Waals surface area contributed by atoms with Crippen molar-refractivity contribution < 1.29 is 24.2 Å². The quantitative estimate of drug-likeness (QED) is 0.568. The van der Waals surface area contributed by atoms with E-state index in [9.17, 15) is 19.5 Å². The van der Waals surface area contributed by atoms with Crippen molar-refractivity contribution in [3.8, 4) is 0 Å². The number of hydrogen-bond donors (Lipinski definition) is 1. The van der Waals surface area contributed by atoms with Crippen LogP contribution >= 0.6 is 0 Å². The fourth-order valence-electron chi connectivity index (χ4n) is 4.76. The minimum Gasteiger partial charge on any atom is -0.465 e. The minimum atomic E-state index is -1.06. The fourth-order valence-corrected chi connectivity index (χ4v) is 4.76. The monoisotopic (exact) mass is 378 g/mol. The molecule has 2 heterocycles. The van der Waals surface area contributed by atoms with E-state index in [1.807, 2.05) is 6.92 Å². The number of hydrogen-bond acceptors (Lipinski definition) is 5. The minimum absolute atomic E-state index is 0.0241. The van der Waals surface area contributed by atoms with Crippen LogP contribution in [0.1, 0.15) is 52.4 Å². The smallest absolute Gasteiger partial charge is 0.321 e. The standard InChI is InChI=1S/C20H30N2O5/c1-3-27-17(26)20(6-7-20)16(25)22-12-19(4-5-19)10-14(22)15(24)21-9-8-18(2,11-21)13-23/h14,23H,3-13H2,1-2H3/t14-,18?/m0/s1.